The number of amides is 1. The van der Waals surface area contributed by atoms with E-state index in [4.69, 9.17) is 5.73 Å². The summed E-state index contributed by atoms with van der Waals surface area (Å²) in [6.07, 6.45) is 3.11. The number of rotatable bonds is 3. The number of nitrogens with two attached hydrogens (primary N) is 1. The van der Waals surface area contributed by atoms with Crippen LogP contribution in [-0.4, -0.2) is 14.0 Å². The van der Waals surface area contributed by atoms with E-state index in [0.717, 1.165) is 5.56 Å². The lowest BCUT2D eigenvalue weighted by atomic mass is 10.2. The van der Waals surface area contributed by atoms with Gasteiger partial charge in [0.1, 0.15) is 0 Å². The zero-order valence-corrected chi connectivity index (χ0v) is 10.4. The number of hydrogen-bond donors (Lipinski definition) is 1. The largest absolute Gasteiger partial charge is 0.366 e. The molecule has 0 saturated heterocycles. The highest BCUT2D eigenvalue weighted by Crippen LogP contribution is 2.05. The molecule has 15 heavy (non-hydrogen) atoms. The molecule has 0 aliphatic heterocycles. The van der Waals surface area contributed by atoms with E-state index in [2.05, 4.69) is 31.8 Å². The second kappa shape index (κ2) is 4.44. The van der Waals surface area contributed by atoms with Crippen LogP contribution in [0.1, 0.15) is 5.56 Å². The van der Waals surface area contributed by atoms with E-state index in [1.54, 1.807) is 6.08 Å². The fourth-order valence-electron chi connectivity index (χ4n) is 1.27. The fraction of sp³-hybridized carbons (Fsp3) is 0.250. The van der Waals surface area contributed by atoms with Gasteiger partial charge < -0.3 is 5.73 Å². The average molecular weight is 219 g/mol. The van der Waals surface area contributed by atoms with Crippen molar-refractivity contribution >= 4 is 25.2 Å². The molecule has 0 spiro atoms. The predicted octanol–water partition coefficient (Wildman–Crippen LogP) is 1.73. The summed E-state index contributed by atoms with van der Waals surface area (Å²) in [5.74, 6) is -0.413. The van der Waals surface area contributed by atoms with Gasteiger partial charge in [0, 0.05) is 6.08 Å². The number of hydrogen-bond acceptors (Lipinski definition) is 1. The van der Waals surface area contributed by atoms with E-state index in [0.29, 0.717) is 0 Å². The molecule has 0 fully saturated rings. The Bertz CT molecular complexity index is 374. The van der Waals surface area contributed by atoms with Crippen LogP contribution in [-0.2, 0) is 4.79 Å². The molecule has 2 N–H and O–H groups in total. The zero-order valence-electron chi connectivity index (χ0n) is 9.45. The van der Waals surface area contributed by atoms with Gasteiger partial charge in [-0.3, -0.25) is 4.79 Å². The third kappa shape index (κ3) is 3.71. The number of carbonyl (C=O) groups is 1. The third-order valence-electron chi connectivity index (χ3n) is 2.22. The summed E-state index contributed by atoms with van der Waals surface area (Å²) in [6.45, 7) is 6.92. The first-order valence-electron chi connectivity index (χ1n) is 4.97. The topological polar surface area (TPSA) is 43.1 Å². The molecule has 0 heterocycles. The molecule has 0 bridgehead atoms. The third-order valence-corrected chi connectivity index (χ3v) is 4.28. The molecule has 0 aliphatic carbocycles. The van der Waals surface area contributed by atoms with Gasteiger partial charge in [-0.2, -0.15) is 0 Å². The molecule has 0 radical (unpaired) electrons. The molecule has 0 saturated carbocycles. The number of carbonyl (C=O) groups excluding carboxylic acids is 1. The highest BCUT2D eigenvalue weighted by Gasteiger charge is 2.15. The van der Waals surface area contributed by atoms with Gasteiger partial charge in [-0.15, -0.1) is 0 Å². The number of benzene rings is 1. The maximum Gasteiger partial charge on any atom is 0.241 e. The molecule has 1 amide bonds. The quantitative estimate of drug-likeness (QED) is 0.610. The predicted molar refractivity (Wildman–Crippen MR) is 67.7 cm³/mol. The summed E-state index contributed by atoms with van der Waals surface area (Å²) in [5.41, 5.74) is 6.03. The van der Waals surface area contributed by atoms with Crippen LogP contribution in [0.5, 0.6) is 0 Å². The Labute approximate surface area is 91.8 Å². The highest BCUT2D eigenvalue weighted by molar-refractivity contribution is 6.88. The van der Waals surface area contributed by atoms with Gasteiger partial charge in [0.2, 0.25) is 5.91 Å². The standard InChI is InChI=1S/C12H17NOSi/c1-15(2,3)11-7-4-10(5-8-11)6-9-12(13)14/h4-9H,1-3H3,(H2,13,14). The van der Waals surface area contributed by atoms with Crippen LogP contribution >= 0.6 is 0 Å². The molecule has 1 rings (SSSR count). The minimum atomic E-state index is -1.22. The van der Waals surface area contributed by atoms with Gasteiger partial charge in [-0.1, -0.05) is 49.1 Å². The molecule has 0 unspecified atom stereocenters. The highest BCUT2D eigenvalue weighted by atomic mass is 28.3. The molecule has 80 valence electrons. The monoisotopic (exact) mass is 219 g/mol. The van der Waals surface area contributed by atoms with E-state index >= 15 is 0 Å². The zero-order chi connectivity index (χ0) is 11.5. The second-order valence-corrected chi connectivity index (χ2v) is 9.69. The lowest BCUT2D eigenvalue weighted by Gasteiger charge is -2.16. The van der Waals surface area contributed by atoms with Crippen LogP contribution in [0.2, 0.25) is 19.6 Å². The van der Waals surface area contributed by atoms with E-state index < -0.39 is 14.0 Å². The van der Waals surface area contributed by atoms with Crippen LogP contribution < -0.4 is 10.9 Å². The van der Waals surface area contributed by atoms with E-state index in [-0.39, 0.29) is 0 Å². The van der Waals surface area contributed by atoms with Crippen molar-refractivity contribution in [2.24, 2.45) is 5.73 Å². The summed E-state index contributed by atoms with van der Waals surface area (Å²) in [6, 6.07) is 8.31. The molecule has 0 aliphatic rings. The Morgan fingerprint density at radius 1 is 1.20 bits per heavy atom. The lowest BCUT2D eigenvalue weighted by Crippen LogP contribution is -2.37. The van der Waals surface area contributed by atoms with Gasteiger partial charge in [0.25, 0.3) is 0 Å². The molecular formula is C12H17NOSi. The molecule has 1 aromatic rings. The van der Waals surface area contributed by atoms with Crippen LogP contribution in [0.15, 0.2) is 30.3 Å². The van der Waals surface area contributed by atoms with Gasteiger partial charge in [0.15, 0.2) is 0 Å². The maximum atomic E-state index is 10.5. The maximum absolute atomic E-state index is 10.5. The summed E-state index contributed by atoms with van der Waals surface area (Å²) < 4.78 is 0. The molecule has 3 heteroatoms. The van der Waals surface area contributed by atoms with Crippen molar-refractivity contribution in [3.05, 3.63) is 35.9 Å². The summed E-state index contributed by atoms with van der Waals surface area (Å²) in [4.78, 5) is 10.5. The Balaban J connectivity index is 2.86. The Kier molecular flexibility index (Phi) is 3.47. The Morgan fingerprint density at radius 3 is 2.13 bits per heavy atom. The first kappa shape index (κ1) is 11.7. The molecule has 0 atom stereocenters. The smallest absolute Gasteiger partial charge is 0.241 e. The molecule has 1 aromatic carbocycles. The van der Waals surface area contributed by atoms with Crippen molar-refractivity contribution in [1.29, 1.82) is 0 Å². The SMILES string of the molecule is C[Si](C)(C)c1ccc(C=CC(N)=O)cc1. The van der Waals surface area contributed by atoms with Gasteiger partial charge in [-0.25, -0.2) is 0 Å². The summed E-state index contributed by atoms with van der Waals surface area (Å²) >= 11 is 0. The normalized spacial score (nSPS) is 11.9. The van der Waals surface area contributed by atoms with Crippen molar-refractivity contribution < 1.29 is 4.79 Å². The van der Waals surface area contributed by atoms with Crippen LogP contribution in [0.3, 0.4) is 0 Å². The fourth-order valence-corrected chi connectivity index (χ4v) is 2.44. The van der Waals surface area contributed by atoms with Gasteiger partial charge in [0.05, 0.1) is 8.07 Å². The van der Waals surface area contributed by atoms with Crippen LogP contribution in [0, 0.1) is 0 Å². The minimum Gasteiger partial charge on any atom is -0.366 e. The first-order valence-corrected chi connectivity index (χ1v) is 8.47. The van der Waals surface area contributed by atoms with Gasteiger partial charge >= 0.3 is 0 Å². The second-order valence-electron chi connectivity index (χ2n) is 4.61. The minimum absolute atomic E-state index is 0.413. The summed E-state index contributed by atoms with van der Waals surface area (Å²) in [7, 11) is -1.22. The number of primary amides is 1. The molecular weight excluding hydrogens is 202 g/mol. The Hall–Kier alpha value is -1.35. The van der Waals surface area contributed by atoms with Crippen LogP contribution in [0.25, 0.3) is 6.08 Å². The molecule has 0 aromatic heterocycles. The summed E-state index contributed by atoms with van der Waals surface area (Å²) in [5, 5.41) is 1.42. The van der Waals surface area contributed by atoms with E-state index in [9.17, 15) is 4.79 Å². The van der Waals surface area contributed by atoms with Crippen molar-refractivity contribution in [3.8, 4) is 0 Å². The lowest BCUT2D eigenvalue weighted by molar-refractivity contribution is -0.113. The first-order chi connectivity index (χ1) is 6.89. The van der Waals surface area contributed by atoms with E-state index in [1.807, 2.05) is 12.1 Å². The average Bonchev–Trinajstić information content (AvgIpc) is 2.14. The van der Waals surface area contributed by atoms with Crippen LogP contribution in [0.4, 0.5) is 0 Å². The Morgan fingerprint density at radius 2 is 1.73 bits per heavy atom. The van der Waals surface area contributed by atoms with Crippen molar-refractivity contribution in [2.75, 3.05) is 0 Å². The van der Waals surface area contributed by atoms with Crippen molar-refractivity contribution in [1.82, 2.24) is 0 Å². The molecule has 2 nitrogen and oxygen atoms in total. The van der Waals surface area contributed by atoms with E-state index in [1.165, 1.54) is 11.3 Å². The van der Waals surface area contributed by atoms with Crippen molar-refractivity contribution in [3.63, 3.8) is 0 Å². The van der Waals surface area contributed by atoms with Gasteiger partial charge in [-0.05, 0) is 11.6 Å². The van der Waals surface area contributed by atoms with Crippen molar-refractivity contribution in [2.45, 2.75) is 19.6 Å².